The summed E-state index contributed by atoms with van der Waals surface area (Å²) in [5.74, 6) is -0.276. The van der Waals surface area contributed by atoms with Crippen molar-refractivity contribution in [2.75, 3.05) is 19.2 Å². The normalized spacial score (nSPS) is 28.9. The lowest BCUT2D eigenvalue weighted by atomic mass is 10.1. The van der Waals surface area contributed by atoms with Gasteiger partial charge in [0, 0.05) is 19.2 Å². The highest BCUT2D eigenvalue weighted by molar-refractivity contribution is 7.51. The van der Waals surface area contributed by atoms with E-state index in [0.29, 0.717) is 0 Å². The lowest BCUT2D eigenvalue weighted by Gasteiger charge is -2.20. The van der Waals surface area contributed by atoms with Crippen molar-refractivity contribution in [2.45, 2.75) is 25.5 Å². The molecule has 0 amide bonds. The van der Waals surface area contributed by atoms with E-state index in [4.69, 9.17) is 29.7 Å². The minimum Gasteiger partial charge on any atom is -0.383 e. The fourth-order valence-corrected chi connectivity index (χ4v) is 2.63. The molecule has 4 N–H and O–H groups in total. The van der Waals surface area contributed by atoms with E-state index >= 15 is 0 Å². The average molecular weight is 335 g/mol. The van der Waals surface area contributed by atoms with Gasteiger partial charge in [0.1, 0.15) is 11.9 Å². The van der Waals surface area contributed by atoms with Gasteiger partial charge in [-0.2, -0.15) is 4.98 Å². The highest BCUT2D eigenvalue weighted by atomic mass is 31.2. The van der Waals surface area contributed by atoms with Crippen molar-refractivity contribution in [3.05, 3.63) is 22.7 Å². The summed E-state index contributed by atoms with van der Waals surface area (Å²) in [6.07, 6.45) is -1.67. The molecule has 1 aromatic rings. The molecule has 22 heavy (non-hydrogen) atoms. The second kappa shape index (κ2) is 6.45. The van der Waals surface area contributed by atoms with E-state index in [1.165, 1.54) is 23.9 Å². The maximum absolute atomic E-state index is 11.9. The molecular formula is C11H18N3O7P. The number of aromatic nitrogens is 2. The molecule has 0 spiro atoms. The van der Waals surface area contributed by atoms with Crippen molar-refractivity contribution >= 4 is 13.4 Å². The SMILES string of the molecule is CO[C@@H]1C(C)[C@@H](OCP(=O)(O)O)O[C@H]1n1ccc(N)nc1=O. The molecule has 1 aliphatic heterocycles. The van der Waals surface area contributed by atoms with Crippen LogP contribution in [0.25, 0.3) is 0 Å². The Morgan fingerprint density at radius 2 is 2.23 bits per heavy atom. The molecule has 2 heterocycles. The molecule has 1 aliphatic rings. The Hall–Kier alpha value is -1.29. The number of ether oxygens (including phenoxy) is 3. The van der Waals surface area contributed by atoms with Crippen LogP contribution >= 0.6 is 7.60 Å². The first-order chi connectivity index (χ1) is 10.2. The van der Waals surface area contributed by atoms with Crippen molar-refractivity contribution in [1.29, 1.82) is 0 Å². The topological polar surface area (TPSA) is 146 Å². The van der Waals surface area contributed by atoms with Crippen LogP contribution in [0.1, 0.15) is 13.2 Å². The summed E-state index contributed by atoms with van der Waals surface area (Å²) in [5.41, 5.74) is 4.82. The first kappa shape index (κ1) is 17.1. The highest BCUT2D eigenvalue weighted by Gasteiger charge is 2.45. The standard InChI is InChI=1S/C11H18N3O7P/c1-6-8(19-2)9(14-4-3-7(12)13-11(14)15)21-10(6)20-5-22(16,17)18/h3-4,6,8-10H,5H2,1-2H3,(H2,12,13,15)(H2,16,17,18)/t6?,8-,9-,10+/m1/s1. The first-order valence-electron chi connectivity index (χ1n) is 6.42. The maximum atomic E-state index is 11.9. The van der Waals surface area contributed by atoms with Gasteiger partial charge < -0.3 is 29.7 Å². The molecule has 2 rings (SSSR count). The van der Waals surface area contributed by atoms with Gasteiger partial charge in [-0.15, -0.1) is 0 Å². The van der Waals surface area contributed by atoms with E-state index in [2.05, 4.69) is 4.98 Å². The Labute approximate surface area is 126 Å². The third kappa shape index (κ3) is 3.72. The van der Waals surface area contributed by atoms with Crippen molar-refractivity contribution in [2.24, 2.45) is 5.92 Å². The summed E-state index contributed by atoms with van der Waals surface area (Å²) in [5, 5.41) is 0. The first-order valence-corrected chi connectivity index (χ1v) is 8.22. The monoisotopic (exact) mass is 335 g/mol. The van der Waals surface area contributed by atoms with Gasteiger partial charge in [-0.05, 0) is 6.07 Å². The van der Waals surface area contributed by atoms with Gasteiger partial charge in [-0.25, -0.2) is 4.79 Å². The lowest BCUT2D eigenvalue weighted by Crippen LogP contribution is -2.34. The Morgan fingerprint density at radius 3 is 2.77 bits per heavy atom. The molecule has 0 saturated carbocycles. The molecule has 0 aliphatic carbocycles. The molecule has 0 aromatic carbocycles. The van der Waals surface area contributed by atoms with E-state index in [9.17, 15) is 9.36 Å². The second-order valence-electron chi connectivity index (χ2n) is 4.96. The van der Waals surface area contributed by atoms with Gasteiger partial charge in [-0.1, -0.05) is 6.92 Å². The van der Waals surface area contributed by atoms with E-state index in [1.807, 2.05) is 0 Å². The third-order valence-corrected chi connectivity index (χ3v) is 3.79. The van der Waals surface area contributed by atoms with Crippen LogP contribution in [-0.2, 0) is 18.8 Å². The van der Waals surface area contributed by atoms with Gasteiger partial charge in [0.25, 0.3) is 0 Å². The van der Waals surface area contributed by atoms with Crippen LogP contribution in [0.15, 0.2) is 17.1 Å². The van der Waals surface area contributed by atoms with E-state index in [0.717, 1.165) is 0 Å². The Bertz CT molecular complexity index is 630. The van der Waals surface area contributed by atoms with Crippen LogP contribution in [0.5, 0.6) is 0 Å². The summed E-state index contributed by atoms with van der Waals surface area (Å²) in [6, 6.07) is 1.44. The summed E-state index contributed by atoms with van der Waals surface area (Å²) in [4.78, 5) is 33.2. The van der Waals surface area contributed by atoms with Crippen LogP contribution in [0.3, 0.4) is 0 Å². The number of nitrogens with two attached hydrogens (primary N) is 1. The van der Waals surface area contributed by atoms with Crippen LogP contribution in [0.4, 0.5) is 5.82 Å². The van der Waals surface area contributed by atoms with Crippen molar-refractivity contribution in [3.63, 3.8) is 0 Å². The van der Waals surface area contributed by atoms with Crippen LogP contribution in [-0.4, -0.2) is 45.2 Å². The summed E-state index contributed by atoms with van der Waals surface area (Å²) in [7, 11) is -2.88. The number of nitrogens with zero attached hydrogens (tertiary/aromatic N) is 2. The zero-order valence-corrected chi connectivity index (χ0v) is 12.9. The van der Waals surface area contributed by atoms with Crippen LogP contribution in [0, 0.1) is 5.92 Å². The van der Waals surface area contributed by atoms with Crippen molar-refractivity contribution < 1.29 is 28.6 Å². The Kier molecular flexibility index (Phi) is 5.00. The Balaban J connectivity index is 2.21. The molecule has 1 fully saturated rings. The summed E-state index contributed by atoms with van der Waals surface area (Å²) in [6.45, 7) is 1.73. The van der Waals surface area contributed by atoms with Gasteiger partial charge in [0.05, 0.1) is 0 Å². The molecule has 0 radical (unpaired) electrons. The number of nitrogen functional groups attached to an aromatic ring is 1. The van der Waals surface area contributed by atoms with Gasteiger partial charge in [0.15, 0.2) is 18.9 Å². The molecule has 1 aromatic heterocycles. The molecule has 1 unspecified atom stereocenters. The van der Waals surface area contributed by atoms with Gasteiger partial charge >= 0.3 is 13.3 Å². The molecule has 10 nitrogen and oxygen atoms in total. The average Bonchev–Trinajstić information content (AvgIpc) is 2.72. The molecule has 124 valence electrons. The zero-order chi connectivity index (χ0) is 16.5. The summed E-state index contributed by atoms with van der Waals surface area (Å²) < 4.78 is 28.1. The van der Waals surface area contributed by atoms with Crippen molar-refractivity contribution in [3.8, 4) is 0 Å². The summed E-state index contributed by atoms with van der Waals surface area (Å²) >= 11 is 0. The van der Waals surface area contributed by atoms with E-state index in [-0.39, 0.29) is 11.7 Å². The molecule has 0 bridgehead atoms. The van der Waals surface area contributed by atoms with Crippen molar-refractivity contribution in [1.82, 2.24) is 9.55 Å². The predicted octanol–water partition coefficient (Wildman–Crippen LogP) is -0.517. The maximum Gasteiger partial charge on any atom is 0.351 e. The molecule has 4 atom stereocenters. The Morgan fingerprint density at radius 1 is 1.55 bits per heavy atom. The highest BCUT2D eigenvalue weighted by Crippen LogP contribution is 2.40. The van der Waals surface area contributed by atoms with E-state index in [1.54, 1.807) is 6.92 Å². The molecular weight excluding hydrogens is 317 g/mol. The number of hydrogen-bond acceptors (Lipinski definition) is 7. The number of methoxy groups -OCH3 is 1. The lowest BCUT2D eigenvalue weighted by molar-refractivity contribution is -0.156. The third-order valence-electron chi connectivity index (χ3n) is 3.31. The number of anilines is 1. The minimum atomic E-state index is -4.32. The largest absolute Gasteiger partial charge is 0.383 e. The van der Waals surface area contributed by atoms with Crippen LogP contribution in [0.2, 0.25) is 0 Å². The molecule has 1 saturated heterocycles. The predicted molar refractivity (Wildman–Crippen MR) is 74.8 cm³/mol. The molecule has 11 heteroatoms. The fraction of sp³-hybridized carbons (Fsp3) is 0.636. The van der Waals surface area contributed by atoms with Gasteiger partial charge in [-0.3, -0.25) is 9.13 Å². The van der Waals surface area contributed by atoms with Gasteiger partial charge in [0.2, 0.25) is 0 Å². The number of hydrogen-bond donors (Lipinski definition) is 3. The number of rotatable bonds is 5. The van der Waals surface area contributed by atoms with E-state index < -0.39 is 38.3 Å². The van der Waals surface area contributed by atoms with Crippen LogP contribution < -0.4 is 11.4 Å². The smallest absolute Gasteiger partial charge is 0.351 e. The zero-order valence-electron chi connectivity index (χ0n) is 12.0. The second-order valence-corrected chi connectivity index (χ2v) is 6.54. The quantitative estimate of drug-likeness (QED) is 0.605. The fourth-order valence-electron chi connectivity index (χ4n) is 2.29. The minimum absolute atomic E-state index is 0.0792.